The van der Waals surface area contributed by atoms with E-state index in [1.165, 1.54) is 5.56 Å². The van der Waals surface area contributed by atoms with Crippen LogP contribution in [0.25, 0.3) is 0 Å². The van der Waals surface area contributed by atoms with Crippen LogP contribution in [-0.2, 0) is 6.42 Å². The third kappa shape index (κ3) is 6.36. The summed E-state index contributed by atoms with van der Waals surface area (Å²) < 4.78 is 0. The molecule has 3 rings (SSSR count). The molecule has 1 N–H and O–H groups in total. The number of amides is 1. The highest BCUT2D eigenvalue weighted by atomic mass is 35.5. The molecule has 0 aromatic heterocycles. The molecule has 0 saturated carbocycles. The topological polar surface area (TPSA) is 41.5 Å². The highest BCUT2D eigenvalue weighted by Gasteiger charge is 2.12. The molecule has 0 atom stereocenters. The number of hydrogen-bond acceptors (Lipinski definition) is 3. The monoisotopic (exact) mass is 470 g/mol. The first-order valence-electron chi connectivity index (χ1n) is 10.1. The first-order valence-corrected chi connectivity index (χ1v) is 11.7. The molecule has 0 spiro atoms. The van der Waals surface area contributed by atoms with Crippen molar-refractivity contribution in [1.82, 2.24) is 5.32 Å². The molecular weight excluding hydrogens is 447 g/mol. The van der Waals surface area contributed by atoms with E-state index in [9.17, 15) is 4.79 Å². The Kier molecular flexibility index (Phi) is 8.59. The number of carbonyl (C=O) groups excluding carboxylic acids is 1. The summed E-state index contributed by atoms with van der Waals surface area (Å²) in [6.45, 7) is 6.46. The minimum atomic E-state index is -0.0880. The maximum absolute atomic E-state index is 12.4. The second-order valence-corrected chi connectivity index (χ2v) is 8.98. The summed E-state index contributed by atoms with van der Waals surface area (Å²) >= 11 is 13.8. The Bertz CT molecular complexity index is 1080. The van der Waals surface area contributed by atoms with Crippen molar-refractivity contribution < 1.29 is 4.79 Å². The van der Waals surface area contributed by atoms with Gasteiger partial charge in [-0.15, -0.1) is 0 Å². The summed E-state index contributed by atoms with van der Waals surface area (Å²) in [5, 5.41) is 4.04. The lowest BCUT2D eigenvalue weighted by Gasteiger charge is -2.12. The predicted octanol–water partition coefficient (Wildman–Crippen LogP) is 7.60. The fourth-order valence-electron chi connectivity index (χ4n) is 3.09. The third-order valence-electron chi connectivity index (χ3n) is 4.78. The number of carbonyl (C=O) groups is 1. The van der Waals surface area contributed by atoms with Gasteiger partial charge in [0.2, 0.25) is 0 Å². The van der Waals surface area contributed by atoms with Crippen LogP contribution in [0.3, 0.4) is 0 Å². The van der Waals surface area contributed by atoms with Crippen LogP contribution >= 0.6 is 35.0 Å². The van der Waals surface area contributed by atoms with Gasteiger partial charge in [-0.05, 0) is 67.1 Å². The van der Waals surface area contributed by atoms with E-state index in [2.05, 4.69) is 36.1 Å². The van der Waals surface area contributed by atoms with E-state index in [-0.39, 0.29) is 5.91 Å². The van der Waals surface area contributed by atoms with Gasteiger partial charge in [0.1, 0.15) is 0 Å². The molecule has 0 aliphatic heterocycles. The van der Waals surface area contributed by atoms with Crippen LogP contribution < -0.4 is 5.32 Å². The highest BCUT2D eigenvalue weighted by Crippen LogP contribution is 2.38. The summed E-state index contributed by atoms with van der Waals surface area (Å²) in [7, 11) is 0. The van der Waals surface area contributed by atoms with Crippen molar-refractivity contribution in [3.8, 4) is 0 Å². The van der Waals surface area contributed by atoms with Crippen molar-refractivity contribution in [2.45, 2.75) is 36.0 Å². The zero-order valence-electron chi connectivity index (χ0n) is 17.3. The van der Waals surface area contributed by atoms with Crippen molar-refractivity contribution >= 4 is 53.3 Å². The predicted molar refractivity (Wildman–Crippen MR) is 133 cm³/mol. The number of hydrogen-bond donors (Lipinski definition) is 1. The molecule has 0 radical (unpaired) electrons. The lowest BCUT2D eigenvalue weighted by atomic mass is 10.1. The fraction of sp³-hybridized carbons (Fsp3) is 0.200. The van der Waals surface area contributed by atoms with Crippen LogP contribution in [0.15, 0.2) is 75.4 Å². The standard InChI is InChI=1S/C25H24Cl2N2OS/c1-3-4-13-29-25(30)19-10-12-24(22(16-19)28-2)31-23-8-6-5-7-18(23)14-17-9-11-20(26)21(27)15-17/h5-12,15-16H,2-4,13-14H2,1H3,(H,29,30). The number of nitrogens with one attached hydrogen (secondary N) is 1. The summed E-state index contributed by atoms with van der Waals surface area (Å²) in [6.07, 6.45) is 2.73. The van der Waals surface area contributed by atoms with Gasteiger partial charge in [-0.25, -0.2) is 0 Å². The van der Waals surface area contributed by atoms with Crippen molar-refractivity contribution in [1.29, 1.82) is 0 Å². The molecule has 0 saturated heterocycles. The third-order valence-corrected chi connectivity index (χ3v) is 6.70. The maximum atomic E-state index is 12.4. The molecule has 0 aliphatic carbocycles. The average Bonchev–Trinajstić information content (AvgIpc) is 2.78. The summed E-state index contributed by atoms with van der Waals surface area (Å²) in [5.74, 6) is -0.0880. The van der Waals surface area contributed by atoms with Crippen LogP contribution in [0.4, 0.5) is 5.69 Å². The smallest absolute Gasteiger partial charge is 0.251 e. The van der Waals surface area contributed by atoms with Gasteiger partial charge in [0.25, 0.3) is 5.91 Å². The molecule has 0 aliphatic rings. The van der Waals surface area contributed by atoms with Crippen molar-refractivity contribution in [2.75, 3.05) is 6.54 Å². The zero-order chi connectivity index (χ0) is 22.2. The molecule has 0 fully saturated rings. The van der Waals surface area contributed by atoms with Gasteiger partial charge in [0.05, 0.1) is 15.7 Å². The van der Waals surface area contributed by atoms with Gasteiger partial charge in [0.15, 0.2) is 0 Å². The first kappa shape index (κ1) is 23.4. The van der Waals surface area contributed by atoms with Gasteiger partial charge < -0.3 is 5.32 Å². The Morgan fingerprint density at radius 2 is 1.84 bits per heavy atom. The molecular formula is C25H24Cl2N2OS. The minimum Gasteiger partial charge on any atom is -0.352 e. The van der Waals surface area contributed by atoms with Crippen molar-refractivity contribution in [3.63, 3.8) is 0 Å². The minimum absolute atomic E-state index is 0.0880. The van der Waals surface area contributed by atoms with Gasteiger partial charge in [-0.2, -0.15) is 0 Å². The molecule has 3 aromatic carbocycles. The fourth-order valence-corrected chi connectivity index (χ4v) is 4.43. The van der Waals surface area contributed by atoms with Gasteiger partial charge in [-0.1, -0.05) is 72.6 Å². The molecule has 0 heterocycles. The number of rotatable bonds is 9. The second kappa shape index (κ2) is 11.4. The van der Waals surface area contributed by atoms with Crippen LogP contribution in [0.5, 0.6) is 0 Å². The molecule has 0 bridgehead atoms. The van der Waals surface area contributed by atoms with E-state index < -0.39 is 0 Å². The van der Waals surface area contributed by atoms with E-state index in [4.69, 9.17) is 23.2 Å². The Balaban J connectivity index is 1.81. The average molecular weight is 471 g/mol. The van der Waals surface area contributed by atoms with Crippen LogP contribution in [-0.4, -0.2) is 19.2 Å². The Labute approximate surface area is 197 Å². The van der Waals surface area contributed by atoms with Gasteiger partial charge in [-0.3, -0.25) is 9.79 Å². The van der Waals surface area contributed by atoms with E-state index in [1.807, 2.05) is 42.5 Å². The number of unbranched alkanes of at least 4 members (excludes halogenated alkanes) is 1. The van der Waals surface area contributed by atoms with Crippen LogP contribution in [0.1, 0.15) is 41.3 Å². The quantitative estimate of drug-likeness (QED) is 0.258. The Hall–Kier alpha value is -2.27. The normalized spacial score (nSPS) is 10.7. The molecule has 3 nitrogen and oxygen atoms in total. The number of halogens is 2. The zero-order valence-corrected chi connectivity index (χ0v) is 19.7. The lowest BCUT2D eigenvalue weighted by molar-refractivity contribution is 0.0953. The van der Waals surface area contributed by atoms with Gasteiger partial charge >= 0.3 is 0 Å². The summed E-state index contributed by atoms with van der Waals surface area (Å²) in [4.78, 5) is 18.6. The largest absolute Gasteiger partial charge is 0.352 e. The van der Waals surface area contributed by atoms with Crippen LogP contribution in [0.2, 0.25) is 10.0 Å². The summed E-state index contributed by atoms with van der Waals surface area (Å²) in [6, 6.07) is 19.5. The Morgan fingerprint density at radius 1 is 1.03 bits per heavy atom. The molecule has 0 unspecified atom stereocenters. The molecule has 6 heteroatoms. The summed E-state index contributed by atoms with van der Waals surface area (Å²) in [5.41, 5.74) is 3.54. The number of aliphatic imine (C=N–C) groups is 1. The van der Waals surface area contributed by atoms with Crippen LogP contribution in [0, 0.1) is 0 Å². The van der Waals surface area contributed by atoms with Gasteiger partial charge in [0, 0.05) is 21.9 Å². The van der Waals surface area contributed by atoms with E-state index in [1.54, 1.807) is 17.8 Å². The molecule has 160 valence electrons. The first-order chi connectivity index (χ1) is 15.0. The van der Waals surface area contributed by atoms with Crippen molar-refractivity contribution in [2.24, 2.45) is 4.99 Å². The number of benzene rings is 3. The number of nitrogens with zero attached hydrogens (tertiary/aromatic N) is 1. The maximum Gasteiger partial charge on any atom is 0.251 e. The SMILES string of the molecule is C=Nc1cc(C(=O)NCCCC)ccc1Sc1ccccc1Cc1ccc(Cl)c(Cl)c1. The van der Waals surface area contributed by atoms with Crippen molar-refractivity contribution in [3.05, 3.63) is 87.4 Å². The molecule has 1 amide bonds. The highest BCUT2D eigenvalue weighted by molar-refractivity contribution is 7.99. The second-order valence-electron chi connectivity index (χ2n) is 7.09. The van der Waals surface area contributed by atoms with E-state index in [0.717, 1.165) is 34.6 Å². The van der Waals surface area contributed by atoms with E-state index >= 15 is 0 Å². The Morgan fingerprint density at radius 3 is 2.58 bits per heavy atom. The molecule has 31 heavy (non-hydrogen) atoms. The molecule has 3 aromatic rings. The van der Waals surface area contributed by atoms with E-state index in [0.29, 0.717) is 27.8 Å². The lowest BCUT2D eigenvalue weighted by Crippen LogP contribution is -2.24.